The van der Waals surface area contributed by atoms with Crippen LogP contribution in [0.15, 0.2) is 42.5 Å². The first-order valence-corrected chi connectivity index (χ1v) is 8.24. The maximum atomic E-state index is 12.0. The van der Waals surface area contributed by atoms with Crippen molar-refractivity contribution in [2.45, 2.75) is 26.7 Å². The number of aromatic carboxylic acids is 1. The first kappa shape index (κ1) is 19.2. The number of aryl methyl sites for hydroxylation is 1. The Morgan fingerprint density at radius 1 is 1.08 bits per heavy atom. The molecule has 0 unspecified atom stereocenters. The Morgan fingerprint density at radius 2 is 1.85 bits per heavy atom. The van der Waals surface area contributed by atoms with Crippen molar-refractivity contribution >= 4 is 23.3 Å². The molecule has 2 N–H and O–H groups in total. The summed E-state index contributed by atoms with van der Waals surface area (Å²) in [5, 5.41) is 11.7. The van der Waals surface area contributed by atoms with Gasteiger partial charge >= 0.3 is 5.97 Å². The van der Waals surface area contributed by atoms with E-state index in [9.17, 15) is 14.4 Å². The number of benzene rings is 2. The van der Waals surface area contributed by atoms with E-state index in [1.165, 1.54) is 19.1 Å². The van der Waals surface area contributed by atoms with Crippen LogP contribution in [-0.2, 0) is 4.79 Å². The second kappa shape index (κ2) is 8.80. The van der Waals surface area contributed by atoms with E-state index in [2.05, 4.69) is 5.32 Å². The number of carboxylic acid groups (broad SMARTS) is 1. The summed E-state index contributed by atoms with van der Waals surface area (Å²) in [5.74, 6) is -0.699. The molecule has 2 rings (SSSR count). The number of nitrogens with one attached hydrogen (secondary N) is 1. The van der Waals surface area contributed by atoms with E-state index in [0.717, 1.165) is 5.56 Å². The van der Waals surface area contributed by atoms with Crippen molar-refractivity contribution in [3.63, 3.8) is 0 Å². The van der Waals surface area contributed by atoms with Gasteiger partial charge in [0.1, 0.15) is 5.75 Å². The predicted molar refractivity (Wildman–Crippen MR) is 97.9 cm³/mol. The van der Waals surface area contributed by atoms with Gasteiger partial charge in [0.25, 0.3) is 0 Å². The Balaban J connectivity index is 1.82. The molecule has 1 amide bonds. The minimum atomic E-state index is -1.04. The van der Waals surface area contributed by atoms with Gasteiger partial charge in [-0.3, -0.25) is 9.59 Å². The van der Waals surface area contributed by atoms with Crippen LogP contribution in [0.5, 0.6) is 5.75 Å². The highest BCUT2D eigenvalue weighted by molar-refractivity contribution is 5.95. The van der Waals surface area contributed by atoms with Crippen LogP contribution >= 0.6 is 0 Å². The van der Waals surface area contributed by atoms with Crippen molar-refractivity contribution in [1.29, 1.82) is 0 Å². The molecule has 0 saturated carbocycles. The van der Waals surface area contributed by atoms with Crippen molar-refractivity contribution in [3.8, 4) is 5.75 Å². The number of carboxylic acids is 1. The zero-order chi connectivity index (χ0) is 19.1. The Bertz CT molecular complexity index is 829. The van der Waals surface area contributed by atoms with E-state index in [4.69, 9.17) is 9.84 Å². The first-order valence-electron chi connectivity index (χ1n) is 8.24. The quantitative estimate of drug-likeness (QED) is 0.556. The average molecular weight is 355 g/mol. The highest BCUT2D eigenvalue weighted by atomic mass is 16.5. The van der Waals surface area contributed by atoms with Gasteiger partial charge in [0.15, 0.2) is 5.78 Å². The molecule has 26 heavy (non-hydrogen) atoms. The lowest BCUT2D eigenvalue weighted by molar-refractivity contribution is -0.116. The number of rotatable bonds is 8. The lowest BCUT2D eigenvalue weighted by Gasteiger charge is -2.10. The Morgan fingerprint density at radius 3 is 2.54 bits per heavy atom. The highest BCUT2D eigenvalue weighted by Crippen LogP contribution is 2.18. The lowest BCUT2D eigenvalue weighted by Crippen LogP contribution is -2.14. The molecular weight excluding hydrogens is 334 g/mol. The van der Waals surface area contributed by atoms with E-state index >= 15 is 0 Å². The molecule has 0 spiro atoms. The average Bonchev–Trinajstić information content (AvgIpc) is 2.60. The predicted octanol–water partition coefficient (Wildman–Crippen LogP) is 3.69. The molecule has 0 fully saturated rings. The molecule has 6 nitrogen and oxygen atoms in total. The zero-order valence-electron chi connectivity index (χ0n) is 14.7. The number of carbonyl (C=O) groups excluding carboxylic acids is 2. The molecule has 136 valence electrons. The van der Waals surface area contributed by atoms with Crippen molar-refractivity contribution < 1.29 is 24.2 Å². The summed E-state index contributed by atoms with van der Waals surface area (Å²) < 4.78 is 5.56. The van der Waals surface area contributed by atoms with Crippen LogP contribution in [0.2, 0.25) is 0 Å². The van der Waals surface area contributed by atoms with Crippen molar-refractivity contribution in [2.75, 3.05) is 11.9 Å². The van der Waals surface area contributed by atoms with Crippen LogP contribution in [0.4, 0.5) is 5.69 Å². The molecule has 0 aliphatic heterocycles. The fourth-order valence-electron chi connectivity index (χ4n) is 2.33. The van der Waals surface area contributed by atoms with Crippen LogP contribution in [0.3, 0.4) is 0 Å². The van der Waals surface area contributed by atoms with Crippen LogP contribution in [0.25, 0.3) is 0 Å². The maximum Gasteiger partial charge on any atom is 0.335 e. The third-order valence-electron chi connectivity index (χ3n) is 3.82. The Hall–Kier alpha value is -3.15. The minimum Gasteiger partial charge on any atom is -0.494 e. The zero-order valence-corrected chi connectivity index (χ0v) is 14.7. The highest BCUT2D eigenvalue weighted by Gasteiger charge is 2.09. The first-order chi connectivity index (χ1) is 12.4. The summed E-state index contributed by atoms with van der Waals surface area (Å²) >= 11 is 0. The summed E-state index contributed by atoms with van der Waals surface area (Å²) in [4.78, 5) is 34.4. The smallest absolute Gasteiger partial charge is 0.335 e. The lowest BCUT2D eigenvalue weighted by atomic mass is 10.1. The maximum absolute atomic E-state index is 12.0. The second-order valence-electron chi connectivity index (χ2n) is 5.92. The van der Waals surface area contributed by atoms with Crippen LogP contribution in [0.1, 0.15) is 46.0 Å². The summed E-state index contributed by atoms with van der Waals surface area (Å²) in [6.45, 7) is 3.63. The molecule has 0 aromatic heterocycles. The van der Waals surface area contributed by atoms with Gasteiger partial charge in [0, 0.05) is 17.7 Å². The number of ketones is 1. The van der Waals surface area contributed by atoms with Crippen molar-refractivity contribution in [1.82, 2.24) is 0 Å². The normalized spacial score (nSPS) is 10.2. The van der Waals surface area contributed by atoms with E-state index in [0.29, 0.717) is 30.0 Å². The number of amides is 1. The van der Waals surface area contributed by atoms with E-state index < -0.39 is 5.97 Å². The molecule has 0 radical (unpaired) electrons. The molecule has 2 aromatic rings. The number of hydrogen-bond donors (Lipinski definition) is 2. The van der Waals surface area contributed by atoms with Gasteiger partial charge in [-0.15, -0.1) is 0 Å². The Kier molecular flexibility index (Phi) is 6.49. The number of ether oxygens (including phenoxy) is 1. The fraction of sp³-hybridized carbons (Fsp3) is 0.250. The van der Waals surface area contributed by atoms with Crippen molar-refractivity contribution in [2.24, 2.45) is 0 Å². The Labute approximate surface area is 151 Å². The summed E-state index contributed by atoms with van der Waals surface area (Å²) in [7, 11) is 0. The molecule has 0 bridgehead atoms. The third-order valence-corrected chi connectivity index (χ3v) is 3.82. The molecule has 0 saturated heterocycles. The van der Waals surface area contributed by atoms with E-state index in [-0.39, 0.29) is 23.7 Å². The van der Waals surface area contributed by atoms with E-state index in [1.807, 2.05) is 0 Å². The second-order valence-corrected chi connectivity index (χ2v) is 5.92. The van der Waals surface area contributed by atoms with E-state index in [1.54, 1.807) is 37.3 Å². The fourth-order valence-corrected chi connectivity index (χ4v) is 2.33. The molecule has 0 aliphatic rings. The molecule has 6 heteroatoms. The number of carbonyl (C=O) groups is 3. The largest absolute Gasteiger partial charge is 0.494 e. The van der Waals surface area contributed by atoms with Gasteiger partial charge in [-0.2, -0.15) is 0 Å². The molecular formula is C20H21NO5. The topological polar surface area (TPSA) is 92.7 Å². The van der Waals surface area contributed by atoms with Crippen LogP contribution in [-0.4, -0.2) is 29.4 Å². The molecule has 0 atom stereocenters. The summed E-state index contributed by atoms with van der Waals surface area (Å²) in [6.07, 6.45) is 0.733. The van der Waals surface area contributed by atoms with Gasteiger partial charge in [0.2, 0.25) is 5.91 Å². The number of anilines is 1. The monoisotopic (exact) mass is 355 g/mol. The molecule has 0 aliphatic carbocycles. The summed E-state index contributed by atoms with van der Waals surface area (Å²) in [6, 6.07) is 11.5. The molecule has 2 aromatic carbocycles. The number of Topliss-reactive ketones (excluding diaryl/α,β-unsaturated/α-hetero) is 1. The minimum absolute atomic E-state index is 0.0335. The van der Waals surface area contributed by atoms with Gasteiger partial charge in [-0.05, 0) is 50.1 Å². The van der Waals surface area contributed by atoms with Gasteiger partial charge in [-0.25, -0.2) is 4.79 Å². The van der Waals surface area contributed by atoms with Crippen molar-refractivity contribution in [3.05, 3.63) is 59.2 Å². The van der Waals surface area contributed by atoms with Gasteiger partial charge < -0.3 is 15.2 Å². The van der Waals surface area contributed by atoms with Gasteiger partial charge in [0.05, 0.1) is 12.2 Å². The molecule has 0 heterocycles. The SMILES string of the molecule is CC(=O)c1cccc(OCCCC(=O)Nc2cc(C(=O)O)ccc2C)c1. The van der Waals surface area contributed by atoms with Crippen LogP contribution < -0.4 is 10.1 Å². The van der Waals surface area contributed by atoms with Gasteiger partial charge in [-0.1, -0.05) is 18.2 Å². The van der Waals surface area contributed by atoms with Crippen LogP contribution in [0, 0.1) is 6.92 Å². The third kappa shape index (κ3) is 5.44. The standard InChI is InChI=1S/C20H21NO5/c1-13-8-9-16(20(24)25)12-18(13)21-19(23)7-4-10-26-17-6-3-5-15(11-17)14(2)22/h3,5-6,8-9,11-12H,4,7,10H2,1-2H3,(H,21,23)(H,24,25). The summed E-state index contributed by atoms with van der Waals surface area (Å²) in [5.41, 5.74) is 1.99. The number of hydrogen-bond acceptors (Lipinski definition) is 4.